The third-order valence-corrected chi connectivity index (χ3v) is 3.11. The number of aliphatic carboxylic acids is 1. The Labute approximate surface area is 117 Å². The minimum Gasteiger partial charge on any atom is -0.481 e. The van der Waals surface area contributed by atoms with Crippen molar-refractivity contribution >= 4 is 17.7 Å². The van der Waals surface area contributed by atoms with Crippen molar-refractivity contribution in [3.8, 4) is 6.07 Å². The van der Waals surface area contributed by atoms with Gasteiger partial charge >= 0.3 is 12.0 Å². The number of anilines is 1. The number of carboxylic acid groups (broad SMARTS) is 1. The zero-order valence-electron chi connectivity index (χ0n) is 11.6. The molecule has 0 radical (unpaired) electrons. The smallest absolute Gasteiger partial charge is 0.319 e. The van der Waals surface area contributed by atoms with Crippen molar-refractivity contribution in [1.82, 2.24) is 5.32 Å². The monoisotopic (exact) mass is 275 g/mol. The van der Waals surface area contributed by atoms with Gasteiger partial charge in [-0.05, 0) is 38.5 Å². The molecule has 2 unspecified atom stereocenters. The number of hydrogen-bond donors (Lipinski definition) is 3. The average molecular weight is 275 g/mol. The van der Waals surface area contributed by atoms with E-state index in [0.717, 1.165) is 5.56 Å². The predicted octanol–water partition coefficient (Wildman–Crippen LogP) is 2.10. The maximum Gasteiger partial charge on any atom is 0.319 e. The molecule has 106 valence electrons. The molecule has 6 heteroatoms. The summed E-state index contributed by atoms with van der Waals surface area (Å²) in [6, 6.07) is 5.95. The molecule has 0 heterocycles. The molecule has 1 aromatic rings. The van der Waals surface area contributed by atoms with Gasteiger partial charge < -0.3 is 15.7 Å². The highest BCUT2D eigenvalue weighted by Gasteiger charge is 2.21. The molecule has 0 fully saturated rings. The average Bonchev–Trinajstić information content (AvgIpc) is 2.40. The zero-order chi connectivity index (χ0) is 15.3. The SMILES string of the molecule is Cc1ccc(C#N)cc1NC(=O)NC(C)C(C)C(=O)O. The van der Waals surface area contributed by atoms with Crippen molar-refractivity contribution < 1.29 is 14.7 Å². The van der Waals surface area contributed by atoms with Crippen LogP contribution >= 0.6 is 0 Å². The molecule has 2 amide bonds. The molecule has 1 aromatic carbocycles. The molecule has 2 atom stereocenters. The summed E-state index contributed by atoms with van der Waals surface area (Å²) in [7, 11) is 0. The molecule has 0 aromatic heterocycles. The number of urea groups is 1. The van der Waals surface area contributed by atoms with Crippen LogP contribution in [0.2, 0.25) is 0 Å². The standard InChI is InChI=1S/C14H17N3O3/c1-8-4-5-11(7-15)6-12(8)17-14(20)16-10(3)9(2)13(18)19/h4-6,9-10H,1-3H3,(H,18,19)(H2,16,17,20). The van der Waals surface area contributed by atoms with Gasteiger partial charge in [0, 0.05) is 11.7 Å². The highest BCUT2D eigenvalue weighted by Crippen LogP contribution is 2.16. The van der Waals surface area contributed by atoms with Crippen LogP contribution in [0.25, 0.3) is 0 Å². The molecule has 0 saturated carbocycles. The largest absolute Gasteiger partial charge is 0.481 e. The molecule has 1 rings (SSSR count). The third-order valence-electron chi connectivity index (χ3n) is 3.11. The Hall–Kier alpha value is -2.55. The summed E-state index contributed by atoms with van der Waals surface area (Å²) >= 11 is 0. The molecule has 0 saturated heterocycles. The van der Waals surface area contributed by atoms with Crippen molar-refractivity contribution in [1.29, 1.82) is 5.26 Å². The predicted molar refractivity (Wildman–Crippen MR) is 74.3 cm³/mol. The molecule has 0 bridgehead atoms. The molecule has 0 aliphatic rings. The van der Waals surface area contributed by atoms with E-state index in [1.54, 1.807) is 32.0 Å². The first-order chi connectivity index (χ1) is 9.35. The van der Waals surface area contributed by atoms with E-state index in [9.17, 15) is 9.59 Å². The van der Waals surface area contributed by atoms with Crippen LogP contribution in [0.5, 0.6) is 0 Å². The number of aryl methyl sites for hydroxylation is 1. The van der Waals surface area contributed by atoms with Crippen LogP contribution in [0.1, 0.15) is 25.0 Å². The summed E-state index contributed by atoms with van der Waals surface area (Å²) in [6.07, 6.45) is 0. The van der Waals surface area contributed by atoms with Gasteiger partial charge in [0.2, 0.25) is 0 Å². The van der Waals surface area contributed by atoms with E-state index < -0.39 is 24.0 Å². The quantitative estimate of drug-likeness (QED) is 0.783. The molecule has 0 aliphatic heterocycles. The number of carboxylic acids is 1. The fourth-order valence-corrected chi connectivity index (χ4v) is 1.53. The van der Waals surface area contributed by atoms with E-state index in [0.29, 0.717) is 11.3 Å². The number of rotatable bonds is 4. The number of nitrogens with one attached hydrogen (secondary N) is 2. The molecular weight excluding hydrogens is 258 g/mol. The van der Waals surface area contributed by atoms with Gasteiger partial charge in [-0.3, -0.25) is 4.79 Å². The highest BCUT2D eigenvalue weighted by atomic mass is 16.4. The third kappa shape index (κ3) is 3.99. The number of hydrogen-bond acceptors (Lipinski definition) is 3. The van der Waals surface area contributed by atoms with Crippen molar-refractivity contribution in [2.75, 3.05) is 5.32 Å². The maximum atomic E-state index is 11.8. The lowest BCUT2D eigenvalue weighted by Gasteiger charge is -2.18. The van der Waals surface area contributed by atoms with Crippen molar-refractivity contribution in [3.63, 3.8) is 0 Å². The minimum absolute atomic E-state index is 0.442. The summed E-state index contributed by atoms with van der Waals surface area (Å²) in [5.74, 6) is -1.66. The Balaban J connectivity index is 2.72. The van der Waals surface area contributed by atoms with Gasteiger partial charge in [0.15, 0.2) is 0 Å². The van der Waals surface area contributed by atoms with E-state index in [2.05, 4.69) is 10.6 Å². The normalized spacial score (nSPS) is 12.9. The molecule has 20 heavy (non-hydrogen) atoms. The van der Waals surface area contributed by atoms with Gasteiger partial charge in [0.25, 0.3) is 0 Å². The van der Waals surface area contributed by atoms with Crippen LogP contribution in [0.3, 0.4) is 0 Å². The Morgan fingerprint density at radius 1 is 1.35 bits per heavy atom. The molecule has 0 spiro atoms. The van der Waals surface area contributed by atoms with Crippen LogP contribution in [0, 0.1) is 24.2 Å². The second-order valence-corrected chi connectivity index (χ2v) is 4.66. The van der Waals surface area contributed by atoms with Gasteiger partial charge in [-0.15, -0.1) is 0 Å². The fraction of sp³-hybridized carbons (Fsp3) is 0.357. The van der Waals surface area contributed by atoms with Crippen LogP contribution < -0.4 is 10.6 Å². The number of benzene rings is 1. The lowest BCUT2D eigenvalue weighted by Crippen LogP contribution is -2.42. The Morgan fingerprint density at radius 2 is 2.00 bits per heavy atom. The summed E-state index contributed by atoms with van der Waals surface area (Å²) in [5.41, 5.74) is 1.78. The first kappa shape index (κ1) is 15.5. The van der Waals surface area contributed by atoms with Gasteiger partial charge in [0.05, 0.1) is 17.6 Å². The van der Waals surface area contributed by atoms with Crippen LogP contribution in [-0.2, 0) is 4.79 Å². The summed E-state index contributed by atoms with van der Waals surface area (Å²) in [4.78, 5) is 22.6. The zero-order valence-corrected chi connectivity index (χ0v) is 11.6. The highest BCUT2D eigenvalue weighted by molar-refractivity contribution is 5.90. The van der Waals surface area contributed by atoms with Gasteiger partial charge in [-0.25, -0.2) is 4.79 Å². The van der Waals surface area contributed by atoms with Crippen molar-refractivity contribution in [3.05, 3.63) is 29.3 Å². The maximum absolute atomic E-state index is 11.8. The topological polar surface area (TPSA) is 102 Å². The molecule has 6 nitrogen and oxygen atoms in total. The van der Waals surface area contributed by atoms with E-state index in [-0.39, 0.29) is 0 Å². The molecule has 3 N–H and O–H groups in total. The van der Waals surface area contributed by atoms with E-state index in [1.165, 1.54) is 6.92 Å². The van der Waals surface area contributed by atoms with Gasteiger partial charge in [-0.2, -0.15) is 5.26 Å². The van der Waals surface area contributed by atoms with E-state index in [4.69, 9.17) is 10.4 Å². The summed E-state index contributed by atoms with van der Waals surface area (Å²) in [5, 5.41) is 22.9. The number of carbonyl (C=O) groups excluding carboxylic acids is 1. The summed E-state index contributed by atoms with van der Waals surface area (Å²) < 4.78 is 0. The Morgan fingerprint density at radius 3 is 2.55 bits per heavy atom. The molecule has 0 aliphatic carbocycles. The van der Waals surface area contributed by atoms with E-state index in [1.807, 2.05) is 6.07 Å². The van der Waals surface area contributed by atoms with Crippen molar-refractivity contribution in [2.45, 2.75) is 26.8 Å². The Kier molecular flexibility index (Phi) is 5.09. The first-order valence-electron chi connectivity index (χ1n) is 6.16. The number of nitrogens with zero attached hydrogens (tertiary/aromatic N) is 1. The second kappa shape index (κ2) is 6.57. The van der Waals surface area contributed by atoms with E-state index >= 15 is 0 Å². The van der Waals surface area contributed by atoms with Crippen LogP contribution in [0.15, 0.2) is 18.2 Å². The lowest BCUT2D eigenvalue weighted by molar-refractivity contribution is -0.141. The molecular formula is C14H17N3O3. The van der Waals surface area contributed by atoms with Crippen LogP contribution in [-0.4, -0.2) is 23.1 Å². The first-order valence-corrected chi connectivity index (χ1v) is 6.16. The minimum atomic E-state index is -0.972. The van der Waals surface area contributed by atoms with Crippen LogP contribution in [0.4, 0.5) is 10.5 Å². The fourth-order valence-electron chi connectivity index (χ4n) is 1.53. The second-order valence-electron chi connectivity index (χ2n) is 4.66. The van der Waals surface area contributed by atoms with Crippen molar-refractivity contribution in [2.24, 2.45) is 5.92 Å². The number of carbonyl (C=O) groups is 2. The summed E-state index contributed by atoms with van der Waals surface area (Å²) in [6.45, 7) is 4.95. The van der Waals surface area contributed by atoms with Gasteiger partial charge in [-0.1, -0.05) is 6.07 Å². The number of nitriles is 1. The lowest BCUT2D eigenvalue weighted by atomic mass is 10.0. The Bertz CT molecular complexity index is 563. The van der Waals surface area contributed by atoms with Gasteiger partial charge in [0.1, 0.15) is 0 Å². The number of amides is 2.